The third kappa shape index (κ3) is 2.51. The van der Waals surface area contributed by atoms with Crippen LogP contribution < -0.4 is 13.0 Å². The first-order chi connectivity index (χ1) is 6.84. The van der Waals surface area contributed by atoms with E-state index in [4.69, 9.17) is 5.73 Å². The summed E-state index contributed by atoms with van der Waals surface area (Å²) in [7, 11) is 0. The van der Waals surface area contributed by atoms with E-state index in [1.807, 2.05) is 12.1 Å². The normalized spacial score (nSPS) is 10.0. The summed E-state index contributed by atoms with van der Waals surface area (Å²) in [5.41, 5.74) is 6.48. The molecule has 0 amide bonds. The van der Waals surface area contributed by atoms with Gasteiger partial charge in [-0.1, -0.05) is 0 Å². The standard InChI is InChI=1S/C12H11NTe/c13-10-6-8-12(9-7-10)14-11-4-2-1-3-5-11/h1-9H,13H2. The fourth-order valence-electron chi connectivity index (χ4n) is 1.16. The molecule has 0 spiro atoms. The molecule has 0 aliphatic carbocycles. The van der Waals surface area contributed by atoms with Gasteiger partial charge < -0.3 is 0 Å². The van der Waals surface area contributed by atoms with Gasteiger partial charge in [-0.25, -0.2) is 0 Å². The van der Waals surface area contributed by atoms with Gasteiger partial charge in [-0.2, -0.15) is 0 Å². The summed E-state index contributed by atoms with van der Waals surface area (Å²) in [4.78, 5) is 0. The molecule has 14 heavy (non-hydrogen) atoms. The number of hydrogen-bond acceptors (Lipinski definition) is 1. The minimum absolute atomic E-state index is 0.224. The minimum atomic E-state index is -0.224. The maximum absolute atomic E-state index is 5.63. The molecule has 0 radical (unpaired) electrons. The predicted octanol–water partition coefficient (Wildman–Crippen LogP) is 0.924. The topological polar surface area (TPSA) is 26.0 Å². The molecule has 0 fully saturated rings. The molecule has 2 rings (SSSR count). The van der Waals surface area contributed by atoms with Crippen LogP contribution in [0.3, 0.4) is 0 Å². The van der Waals surface area contributed by atoms with Crippen molar-refractivity contribution in [2.24, 2.45) is 0 Å². The van der Waals surface area contributed by atoms with Crippen LogP contribution >= 0.6 is 0 Å². The first-order valence-corrected chi connectivity index (χ1v) is 6.76. The van der Waals surface area contributed by atoms with Gasteiger partial charge >= 0.3 is 94.2 Å². The predicted molar refractivity (Wildman–Crippen MR) is 62.3 cm³/mol. The molecule has 0 saturated heterocycles. The quantitative estimate of drug-likeness (QED) is 0.647. The van der Waals surface area contributed by atoms with Gasteiger partial charge in [-0.3, -0.25) is 0 Å². The van der Waals surface area contributed by atoms with Crippen molar-refractivity contribution in [3.8, 4) is 0 Å². The Balaban J connectivity index is 2.16. The third-order valence-corrected chi connectivity index (χ3v) is 4.76. The zero-order chi connectivity index (χ0) is 9.80. The molecular formula is C12H11NTe. The van der Waals surface area contributed by atoms with E-state index in [0.29, 0.717) is 0 Å². The van der Waals surface area contributed by atoms with E-state index in [1.54, 1.807) is 0 Å². The van der Waals surface area contributed by atoms with Crippen LogP contribution in [-0.4, -0.2) is 20.9 Å². The molecule has 0 atom stereocenters. The molecule has 0 saturated carbocycles. The molecule has 0 bridgehead atoms. The number of anilines is 1. The number of benzene rings is 2. The number of nitrogens with two attached hydrogens (primary N) is 1. The van der Waals surface area contributed by atoms with Gasteiger partial charge in [0.25, 0.3) is 0 Å². The number of nitrogen functional groups attached to an aromatic ring is 1. The molecule has 0 unspecified atom stereocenters. The Hall–Kier alpha value is -0.970. The van der Waals surface area contributed by atoms with Crippen LogP contribution in [-0.2, 0) is 0 Å². The number of rotatable bonds is 2. The van der Waals surface area contributed by atoms with Crippen LogP contribution in [0.25, 0.3) is 0 Å². The van der Waals surface area contributed by atoms with E-state index in [2.05, 4.69) is 42.5 Å². The zero-order valence-corrected chi connectivity index (χ0v) is 10.0. The first-order valence-electron chi connectivity index (χ1n) is 4.43. The van der Waals surface area contributed by atoms with Crippen LogP contribution in [0.15, 0.2) is 54.6 Å². The Bertz CT molecular complexity index is 394. The Labute approximate surface area is 94.0 Å². The first kappa shape index (κ1) is 9.58. The fraction of sp³-hybridized carbons (Fsp3) is 0. The van der Waals surface area contributed by atoms with E-state index >= 15 is 0 Å². The molecule has 0 aliphatic rings. The second-order valence-electron chi connectivity index (χ2n) is 2.98. The van der Waals surface area contributed by atoms with Crippen molar-refractivity contribution < 1.29 is 0 Å². The molecule has 2 aromatic rings. The average molecular weight is 297 g/mol. The molecule has 0 heterocycles. The molecule has 2 heteroatoms. The van der Waals surface area contributed by atoms with Crippen LogP contribution in [0.1, 0.15) is 0 Å². The van der Waals surface area contributed by atoms with Crippen molar-refractivity contribution in [2.75, 3.05) is 5.73 Å². The maximum atomic E-state index is 5.63. The zero-order valence-electron chi connectivity index (χ0n) is 7.68. The summed E-state index contributed by atoms with van der Waals surface area (Å²) in [6.45, 7) is 0. The van der Waals surface area contributed by atoms with Crippen LogP contribution in [0.5, 0.6) is 0 Å². The van der Waals surface area contributed by atoms with E-state index in [-0.39, 0.29) is 20.9 Å². The molecule has 1 nitrogen and oxygen atoms in total. The van der Waals surface area contributed by atoms with E-state index < -0.39 is 0 Å². The summed E-state index contributed by atoms with van der Waals surface area (Å²) in [5, 5.41) is 0. The second-order valence-corrected chi connectivity index (χ2v) is 6.26. The molecule has 70 valence electrons. The molecule has 0 aromatic heterocycles. The van der Waals surface area contributed by atoms with E-state index in [0.717, 1.165) is 5.69 Å². The van der Waals surface area contributed by atoms with Crippen molar-refractivity contribution in [3.05, 3.63) is 54.6 Å². The second kappa shape index (κ2) is 4.50. The molecule has 0 aliphatic heterocycles. The Kier molecular flexibility index (Phi) is 3.08. The molecule has 2 N–H and O–H groups in total. The number of hydrogen-bond donors (Lipinski definition) is 1. The Morgan fingerprint density at radius 1 is 0.714 bits per heavy atom. The van der Waals surface area contributed by atoms with Crippen molar-refractivity contribution in [1.82, 2.24) is 0 Å². The molecule has 2 aromatic carbocycles. The van der Waals surface area contributed by atoms with Gasteiger partial charge in [-0.05, 0) is 0 Å². The van der Waals surface area contributed by atoms with Crippen molar-refractivity contribution in [1.29, 1.82) is 0 Å². The van der Waals surface area contributed by atoms with E-state index in [1.165, 1.54) is 7.22 Å². The van der Waals surface area contributed by atoms with Crippen molar-refractivity contribution in [2.45, 2.75) is 0 Å². The average Bonchev–Trinajstić information content (AvgIpc) is 2.23. The van der Waals surface area contributed by atoms with Gasteiger partial charge in [0.05, 0.1) is 0 Å². The Morgan fingerprint density at radius 3 is 1.93 bits per heavy atom. The van der Waals surface area contributed by atoms with Gasteiger partial charge in [0.1, 0.15) is 0 Å². The van der Waals surface area contributed by atoms with E-state index in [9.17, 15) is 0 Å². The summed E-state index contributed by atoms with van der Waals surface area (Å²) in [6, 6.07) is 18.8. The SMILES string of the molecule is Nc1ccc([Te]c2ccccc2)cc1. The summed E-state index contributed by atoms with van der Waals surface area (Å²) < 4.78 is 2.89. The van der Waals surface area contributed by atoms with Crippen LogP contribution in [0, 0.1) is 0 Å². The van der Waals surface area contributed by atoms with Crippen LogP contribution in [0.4, 0.5) is 5.69 Å². The Morgan fingerprint density at radius 2 is 1.29 bits per heavy atom. The van der Waals surface area contributed by atoms with Crippen LogP contribution in [0.2, 0.25) is 0 Å². The summed E-state index contributed by atoms with van der Waals surface area (Å²) in [5.74, 6) is 0. The monoisotopic (exact) mass is 299 g/mol. The summed E-state index contributed by atoms with van der Waals surface area (Å²) >= 11 is -0.224. The fourth-order valence-corrected chi connectivity index (χ4v) is 3.55. The summed E-state index contributed by atoms with van der Waals surface area (Å²) in [6.07, 6.45) is 0. The van der Waals surface area contributed by atoms with Gasteiger partial charge in [-0.15, -0.1) is 0 Å². The van der Waals surface area contributed by atoms with Crippen molar-refractivity contribution in [3.63, 3.8) is 0 Å². The van der Waals surface area contributed by atoms with Gasteiger partial charge in [0.2, 0.25) is 0 Å². The molecular weight excluding hydrogens is 286 g/mol. The van der Waals surface area contributed by atoms with Gasteiger partial charge in [0, 0.05) is 0 Å². The van der Waals surface area contributed by atoms with Crippen molar-refractivity contribution >= 4 is 33.8 Å². The third-order valence-electron chi connectivity index (χ3n) is 1.86. The van der Waals surface area contributed by atoms with Gasteiger partial charge in [0.15, 0.2) is 0 Å².